The lowest BCUT2D eigenvalue weighted by molar-refractivity contribution is -0.138. The van der Waals surface area contributed by atoms with Crippen molar-refractivity contribution in [1.29, 1.82) is 0 Å². The number of esters is 1. The van der Waals surface area contributed by atoms with Crippen molar-refractivity contribution in [3.63, 3.8) is 0 Å². The number of fused-ring (bicyclic) bond motifs is 1. The van der Waals surface area contributed by atoms with Crippen molar-refractivity contribution in [2.45, 2.75) is 50.3 Å². The number of anilines is 1. The molecule has 6 rings (SSSR count). The Morgan fingerprint density at radius 1 is 1.23 bits per heavy atom. The Morgan fingerprint density at radius 2 is 1.97 bits per heavy atom. The minimum absolute atomic E-state index is 0.0316. The summed E-state index contributed by atoms with van der Waals surface area (Å²) in [6.07, 6.45) is 5.67. The van der Waals surface area contributed by atoms with Gasteiger partial charge in [0, 0.05) is 15.8 Å². The van der Waals surface area contributed by atoms with Crippen LogP contribution in [0.2, 0.25) is 0 Å². The number of halogens is 1. The lowest BCUT2D eigenvalue weighted by Gasteiger charge is -2.59. The maximum Gasteiger partial charge on any atom is 0.356 e. The van der Waals surface area contributed by atoms with Crippen LogP contribution in [0, 0.1) is 17.3 Å². The average Bonchev–Trinajstić information content (AvgIpc) is 3.04. The summed E-state index contributed by atoms with van der Waals surface area (Å²) in [4.78, 5) is 29.1. The highest BCUT2D eigenvalue weighted by molar-refractivity contribution is 6.24. The van der Waals surface area contributed by atoms with E-state index >= 15 is 0 Å². The van der Waals surface area contributed by atoms with Crippen LogP contribution in [0.5, 0.6) is 5.75 Å². The van der Waals surface area contributed by atoms with E-state index in [0.29, 0.717) is 29.7 Å². The van der Waals surface area contributed by atoms with E-state index in [1.54, 1.807) is 14.0 Å². The number of carbonyl (C=O) groups excluding carboxylic acids is 2. The van der Waals surface area contributed by atoms with Crippen LogP contribution in [0.25, 0.3) is 10.9 Å². The van der Waals surface area contributed by atoms with Crippen LogP contribution < -0.4 is 10.1 Å². The van der Waals surface area contributed by atoms with Gasteiger partial charge in [-0.1, -0.05) is 0 Å². The molecule has 30 heavy (non-hydrogen) atoms. The van der Waals surface area contributed by atoms with Crippen LogP contribution >= 0.6 is 11.6 Å². The number of aromatic nitrogens is 1. The zero-order valence-corrected chi connectivity index (χ0v) is 18.1. The highest BCUT2D eigenvalue weighted by Gasteiger charge is 2.60. The van der Waals surface area contributed by atoms with Crippen LogP contribution in [0.15, 0.2) is 18.2 Å². The van der Waals surface area contributed by atoms with Gasteiger partial charge >= 0.3 is 5.97 Å². The van der Waals surface area contributed by atoms with Crippen molar-refractivity contribution in [2.24, 2.45) is 17.3 Å². The zero-order valence-electron chi connectivity index (χ0n) is 17.3. The summed E-state index contributed by atoms with van der Waals surface area (Å²) in [6.45, 7) is 2.02. The van der Waals surface area contributed by atoms with Gasteiger partial charge in [0.25, 0.3) is 0 Å². The first-order chi connectivity index (χ1) is 14.3. The first-order valence-corrected chi connectivity index (χ1v) is 11.1. The zero-order chi connectivity index (χ0) is 21.1. The number of hydrogen-bond donors (Lipinski definition) is 2. The van der Waals surface area contributed by atoms with Gasteiger partial charge in [-0.2, -0.15) is 0 Å². The van der Waals surface area contributed by atoms with Gasteiger partial charge in [0.05, 0.1) is 24.8 Å². The molecule has 160 valence electrons. The first-order valence-electron chi connectivity index (χ1n) is 10.7. The van der Waals surface area contributed by atoms with E-state index in [4.69, 9.17) is 21.1 Å². The second-order valence-corrected chi connectivity index (χ2v) is 10.2. The quantitative estimate of drug-likeness (QED) is 0.523. The number of amides is 1. The molecular formula is C23H27ClN2O4. The standard InChI is InChI=1S/C23H27ClN2O4/c1-3-30-20(27)19-18(16-7-15(29-2)4-5-17(16)25-19)26-21(28)22-8-13-6-14(9-22)11-23(24,10-13)12-22/h4-5,7,13-14,25H,3,6,8-12H2,1-2H3,(H,26,28)/t13-,14+,22?,23?. The van der Waals surface area contributed by atoms with Crippen LogP contribution in [0.1, 0.15) is 55.9 Å². The molecule has 7 heteroatoms. The molecule has 0 aliphatic heterocycles. The minimum atomic E-state index is -0.484. The van der Waals surface area contributed by atoms with Crippen molar-refractivity contribution in [2.75, 3.05) is 19.0 Å². The molecular weight excluding hydrogens is 404 g/mol. The third-order valence-electron chi connectivity index (χ3n) is 7.20. The third kappa shape index (κ3) is 3.08. The number of benzene rings is 1. The Hall–Kier alpha value is -2.21. The highest BCUT2D eigenvalue weighted by atomic mass is 35.5. The van der Waals surface area contributed by atoms with Gasteiger partial charge in [-0.15, -0.1) is 11.6 Å². The predicted molar refractivity (Wildman–Crippen MR) is 115 cm³/mol. The van der Waals surface area contributed by atoms with Crippen molar-refractivity contribution in [3.8, 4) is 5.75 Å². The van der Waals surface area contributed by atoms with Crippen LogP contribution in [0.4, 0.5) is 5.69 Å². The molecule has 6 nitrogen and oxygen atoms in total. The molecule has 0 saturated heterocycles. The maximum absolute atomic E-state index is 13.7. The summed E-state index contributed by atoms with van der Waals surface area (Å²) in [5.74, 6) is 1.17. The van der Waals surface area contributed by atoms with Crippen LogP contribution in [0.3, 0.4) is 0 Å². The molecule has 2 aromatic rings. The fourth-order valence-corrected chi connectivity index (χ4v) is 7.14. The number of nitrogens with one attached hydrogen (secondary N) is 2. The highest BCUT2D eigenvalue weighted by Crippen LogP contribution is 2.64. The Balaban J connectivity index is 1.53. The van der Waals surface area contributed by atoms with E-state index in [0.717, 1.165) is 36.6 Å². The number of rotatable bonds is 5. The smallest absolute Gasteiger partial charge is 0.356 e. The van der Waals surface area contributed by atoms with Crippen molar-refractivity contribution < 1.29 is 19.1 Å². The number of alkyl halides is 1. The van der Waals surface area contributed by atoms with Crippen molar-refractivity contribution in [3.05, 3.63) is 23.9 Å². The topological polar surface area (TPSA) is 80.4 Å². The van der Waals surface area contributed by atoms with E-state index < -0.39 is 11.4 Å². The largest absolute Gasteiger partial charge is 0.497 e. The Kier molecular flexibility index (Phi) is 4.54. The third-order valence-corrected chi connectivity index (χ3v) is 7.64. The molecule has 1 heterocycles. The molecule has 4 bridgehead atoms. The second kappa shape index (κ2) is 6.91. The molecule has 1 amide bonds. The summed E-state index contributed by atoms with van der Waals surface area (Å²) < 4.78 is 10.6. The SMILES string of the molecule is CCOC(=O)c1[nH]c2ccc(OC)cc2c1NC(=O)C12C[C@@H]3C[C@@H](CC(Cl)(C3)C1)C2. The van der Waals surface area contributed by atoms with E-state index in [1.165, 1.54) is 6.42 Å². The van der Waals surface area contributed by atoms with E-state index in [2.05, 4.69) is 10.3 Å². The Labute approximate surface area is 180 Å². The van der Waals surface area contributed by atoms with Gasteiger partial charge in [0.15, 0.2) is 0 Å². The lowest BCUT2D eigenvalue weighted by atomic mass is 9.49. The van der Waals surface area contributed by atoms with Crippen LogP contribution in [-0.4, -0.2) is 35.5 Å². The fourth-order valence-electron chi connectivity index (χ4n) is 6.45. The molecule has 0 radical (unpaired) electrons. The summed E-state index contributed by atoms with van der Waals surface area (Å²) >= 11 is 6.93. The predicted octanol–water partition coefficient (Wildman–Crippen LogP) is 4.87. The first kappa shape index (κ1) is 19.7. The fraction of sp³-hybridized carbons (Fsp3) is 0.565. The number of methoxy groups -OCH3 is 1. The molecule has 4 saturated carbocycles. The molecule has 4 atom stereocenters. The van der Waals surface area contributed by atoms with E-state index in [-0.39, 0.29) is 23.1 Å². The summed E-state index contributed by atoms with van der Waals surface area (Å²) in [7, 11) is 1.59. The van der Waals surface area contributed by atoms with Gasteiger partial charge in [-0.05, 0) is 75.5 Å². The van der Waals surface area contributed by atoms with Gasteiger partial charge in [-0.3, -0.25) is 4.79 Å². The number of H-pyrrole nitrogens is 1. The van der Waals surface area contributed by atoms with E-state index in [1.807, 2.05) is 18.2 Å². The Morgan fingerprint density at radius 3 is 2.60 bits per heavy atom. The maximum atomic E-state index is 13.7. The molecule has 4 aliphatic rings. The molecule has 4 fully saturated rings. The molecule has 4 aliphatic carbocycles. The van der Waals surface area contributed by atoms with Gasteiger partial charge in [0.1, 0.15) is 11.4 Å². The van der Waals surface area contributed by atoms with Gasteiger partial charge in [-0.25, -0.2) is 4.79 Å². The number of aromatic amines is 1. The van der Waals surface area contributed by atoms with Crippen molar-refractivity contribution >= 4 is 40.1 Å². The molecule has 2 unspecified atom stereocenters. The number of hydrogen-bond acceptors (Lipinski definition) is 4. The summed E-state index contributed by atoms with van der Waals surface area (Å²) in [6, 6.07) is 5.48. The monoisotopic (exact) mass is 430 g/mol. The molecule has 2 N–H and O–H groups in total. The lowest BCUT2D eigenvalue weighted by Crippen LogP contribution is -2.57. The molecule has 1 aromatic carbocycles. The van der Waals surface area contributed by atoms with Crippen LogP contribution in [-0.2, 0) is 9.53 Å². The average molecular weight is 431 g/mol. The molecule has 0 spiro atoms. The van der Waals surface area contributed by atoms with Crippen molar-refractivity contribution in [1.82, 2.24) is 4.98 Å². The summed E-state index contributed by atoms with van der Waals surface area (Å²) in [5, 5.41) is 3.85. The number of ether oxygens (including phenoxy) is 2. The van der Waals surface area contributed by atoms with Gasteiger partial charge < -0.3 is 19.8 Å². The minimum Gasteiger partial charge on any atom is -0.497 e. The van der Waals surface area contributed by atoms with Gasteiger partial charge in [0.2, 0.25) is 5.91 Å². The van der Waals surface area contributed by atoms with E-state index in [9.17, 15) is 9.59 Å². The summed E-state index contributed by atoms with van der Waals surface area (Å²) in [5.41, 5.74) is 1.01. The second-order valence-electron chi connectivity index (χ2n) is 9.35. The molecule has 1 aromatic heterocycles. The number of carbonyl (C=O) groups is 2. The normalized spacial score (nSPS) is 31.7. The Bertz CT molecular complexity index is 1020.